The van der Waals surface area contributed by atoms with Crippen molar-refractivity contribution in [2.24, 2.45) is 0 Å². The van der Waals surface area contributed by atoms with E-state index in [0.29, 0.717) is 19.0 Å². The fourth-order valence-corrected chi connectivity index (χ4v) is 1.48. The summed E-state index contributed by atoms with van der Waals surface area (Å²) in [5.41, 5.74) is -0.00586. The zero-order valence-corrected chi connectivity index (χ0v) is 10.8. The highest BCUT2D eigenvalue weighted by Gasteiger charge is 2.19. The Kier molecular flexibility index (Phi) is 4.10. The molecule has 0 aliphatic heterocycles. The fraction of sp³-hybridized carbons (Fsp3) is 0.750. The Morgan fingerprint density at radius 2 is 2.12 bits per heavy atom. The molecular formula is C12H22N2O2. The highest BCUT2D eigenvalue weighted by Crippen LogP contribution is 2.22. The van der Waals surface area contributed by atoms with Crippen LogP contribution in [0.5, 0.6) is 0 Å². The number of aliphatic hydroxyl groups excluding tert-OH is 1. The molecule has 0 radical (unpaired) electrons. The third-order valence-electron chi connectivity index (χ3n) is 2.27. The first kappa shape index (κ1) is 13.2. The van der Waals surface area contributed by atoms with Gasteiger partial charge in [0.2, 0.25) is 5.89 Å². The Morgan fingerprint density at radius 1 is 1.50 bits per heavy atom. The Labute approximate surface area is 97.3 Å². The highest BCUT2D eigenvalue weighted by molar-refractivity contribution is 5.05. The van der Waals surface area contributed by atoms with E-state index in [-0.39, 0.29) is 11.5 Å². The van der Waals surface area contributed by atoms with Crippen molar-refractivity contribution in [3.8, 4) is 0 Å². The van der Waals surface area contributed by atoms with Crippen molar-refractivity contribution >= 4 is 0 Å². The van der Waals surface area contributed by atoms with Crippen molar-refractivity contribution in [1.29, 1.82) is 0 Å². The summed E-state index contributed by atoms with van der Waals surface area (Å²) in [7, 11) is 1.94. The van der Waals surface area contributed by atoms with E-state index in [0.717, 1.165) is 5.76 Å². The summed E-state index contributed by atoms with van der Waals surface area (Å²) in [6.45, 7) is 9.30. The Bertz CT molecular complexity index is 326. The Balaban J connectivity index is 2.59. The molecule has 4 heteroatoms. The predicted octanol–water partition coefficient (Wildman–Crippen LogP) is 1.78. The van der Waals surface area contributed by atoms with Gasteiger partial charge in [-0.1, -0.05) is 20.8 Å². The third kappa shape index (κ3) is 3.94. The molecule has 92 valence electrons. The predicted molar refractivity (Wildman–Crippen MR) is 63.2 cm³/mol. The lowest BCUT2D eigenvalue weighted by Gasteiger charge is -2.16. The van der Waals surface area contributed by atoms with Crippen LogP contribution in [0.25, 0.3) is 0 Å². The molecule has 0 amide bonds. The SMILES string of the molecule is CC(O)CN(C)Cc1ncc(C(C)(C)C)o1. The molecule has 1 heterocycles. The molecule has 1 N–H and O–H groups in total. The molecule has 4 nitrogen and oxygen atoms in total. The van der Waals surface area contributed by atoms with Crippen molar-refractivity contribution in [3.63, 3.8) is 0 Å². The van der Waals surface area contributed by atoms with Crippen LogP contribution in [0.1, 0.15) is 39.3 Å². The molecule has 1 aromatic heterocycles. The van der Waals surface area contributed by atoms with Crippen LogP contribution in [0, 0.1) is 0 Å². The van der Waals surface area contributed by atoms with E-state index in [1.807, 2.05) is 11.9 Å². The molecule has 1 aromatic rings. The quantitative estimate of drug-likeness (QED) is 0.850. The number of likely N-dealkylation sites (N-methyl/N-ethyl adjacent to an activating group) is 1. The van der Waals surface area contributed by atoms with E-state index in [1.165, 1.54) is 0 Å². The molecule has 0 saturated heterocycles. The minimum absolute atomic E-state index is 0.00586. The van der Waals surface area contributed by atoms with Crippen LogP contribution in [0.4, 0.5) is 0 Å². The van der Waals surface area contributed by atoms with Crippen molar-refractivity contribution in [3.05, 3.63) is 17.8 Å². The maximum atomic E-state index is 9.24. The van der Waals surface area contributed by atoms with E-state index in [1.54, 1.807) is 13.1 Å². The van der Waals surface area contributed by atoms with Gasteiger partial charge in [-0.15, -0.1) is 0 Å². The molecule has 0 fully saturated rings. The molecule has 16 heavy (non-hydrogen) atoms. The van der Waals surface area contributed by atoms with Gasteiger partial charge in [0.05, 0.1) is 18.8 Å². The van der Waals surface area contributed by atoms with Gasteiger partial charge in [-0.25, -0.2) is 4.98 Å². The second-order valence-corrected chi connectivity index (χ2v) is 5.41. The van der Waals surface area contributed by atoms with Gasteiger partial charge in [-0.3, -0.25) is 4.90 Å². The van der Waals surface area contributed by atoms with Gasteiger partial charge >= 0.3 is 0 Å². The normalized spacial score (nSPS) is 14.4. The monoisotopic (exact) mass is 226 g/mol. The third-order valence-corrected chi connectivity index (χ3v) is 2.27. The van der Waals surface area contributed by atoms with E-state index in [2.05, 4.69) is 25.8 Å². The molecule has 0 aliphatic carbocycles. The zero-order chi connectivity index (χ0) is 12.3. The molecular weight excluding hydrogens is 204 g/mol. The average molecular weight is 226 g/mol. The van der Waals surface area contributed by atoms with Crippen LogP contribution >= 0.6 is 0 Å². The lowest BCUT2D eigenvalue weighted by molar-refractivity contribution is 0.132. The summed E-state index contributed by atoms with van der Waals surface area (Å²) >= 11 is 0. The van der Waals surface area contributed by atoms with Gasteiger partial charge in [-0.2, -0.15) is 0 Å². The first-order valence-electron chi connectivity index (χ1n) is 5.61. The van der Waals surface area contributed by atoms with Gasteiger partial charge in [0.25, 0.3) is 0 Å². The molecule has 0 aliphatic rings. The fourth-order valence-electron chi connectivity index (χ4n) is 1.48. The lowest BCUT2D eigenvalue weighted by atomic mass is 9.94. The second kappa shape index (κ2) is 4.97. The van der Waals surface area contributed by atoms with E-state index in [4.69, 9.17) is 4.42 Å². The Hall–Kier alpha value is -0.870. The molecule has 1 rings (SSSR count). The van der Waals surface area contributed by atoms with Gasteiger partial charge in [0, 0.05) is 12.0 Å². The van der Waals surface area contributed by atoms with Crippen LogP contribution < -0.4 is 0 Å². The van der Waals surface area contributed by atoms with Crippen LogP contribution in [-0.2, 0) is 12.0 Å². The summed E-state index contributed by atoms with van der Waals surface area (Å²) in [6.07, 6.45) is 1.45. The number of oxazole rings is 1. The minimum atomic E-state index is -0.331. The van der Waals surface area contributed by atoms with Crippen LogP contribution in [0.3, 0.4) is 0 Å². The summed E-state index contributed by atoms with van der Waals surface area (Å²) in [5.74, 6) is 1.60. The molecule has 0 aromatic carbocycles. The van der Waals surface area contributed by atoms with Crippen LogP contribution in [0.15, 0.2) is 10.6 Å². The van der Waals surface area contributed by atoms with Crippen LogP contribution in [-0.4, -0.2) is 34.7 Å². The number of aromatic nitrogens is 1. The maximum Gasteiger partial charge on any atom is 0.208 e. The number of rotatable bonds is 4. The molecule has 1 unspecified atom stereocenters. The lowest BCUT2D eigenvalue weighted by Crippen LogP contribution is -2.26. The van der Waals surface area contributed by atoms with Crippen molar-refractivity contribution < 1.29 is 9.52 Å². The summed E-state index contributed by atoms with van der Waals surface area (Å²) in [4.78, 5) is 6.23. The summed E-state index contributed by atoms with van der Waals surface area (Å²) in [6, 6.07) is 0. The number of hydrogen-bond donors (Lipinski definition) is 1. The number of aliphatic hydroxyl groups is 1. The molecule has 0 saturated carbocycles. The highest BCUT2D eigenvalue weighted by atomic mass is 16.4. The first-order chi connectivity index (χ1) is 7.29. The van der Waals surface area contributed by atoms with Gasteiger partial charge in [0.1, 0.15) is 5.76 Å². The van der Waals surface area contributed by atoms with Crippen molar-refractivity contribution in [1.82, 2.24) is 9.88 Å². The largest absolute Gasteiger partial charge is 0.444 e. The minimum Gasteiger partial charge on any atom is -0.444 e. The number of nitrogens with zero attached hydrogens (tertiary/aromatic N) is 2. The molecule has 0 spiro atoms. The zero-order valence-electron chi connectivity index (χ0n) is 10.8. The summed E-state index contributed by atoms with van der Waals surface area (Å²) in [5, 5.41) is 9.24. The smallest absolute Gasteiger partial charge is 0.208 e. The second-order valence-electron chi connectivity index (χ2n) is 5.41. The van der Waals surface area contributed by atoms with E-state index < -0.39 is 0 Å². The standard InChI is InChI=1S/C12H22N2O2/c1-9(15)7-14(5)8-11-13-6-10(16-11)12(2,3)4/h6,9,15H,7-8H2,1-5H3. The topological polar surface area (TPSA) is 49.5 Å². The Morgan fingerprint density at radius 3 is 2.56 bits per heavy atom. The van der Waals surface area contributed by atoms with Crippen molar-refractivity contribution in [2.75, 3.05) is 13.6 Å². The first-order valence-corrected chi connectivity index (χ1v) is 5.61. The molecule has 1 atom stereocenters. The maximum absolute atomic E-state index is 9.24. The van der Waals surface area contributed by atoms with E-state index in [9.17, 15) is 5.11 Å². The van der Waals surface area contributed by atoms with Crippen molar-refractivity contribution in [2.45, 2.75) is 45.8 Å². The molecule has 0 bridgehead atoms. The summed E-state index contributed by atoms with van der Waals surface area (Å²) < 4.78 is 5.67. The number of hydrogen-bond acceptors (Lipinski definition) is 4. The van der Waals surface area contributed by atoms with Gasteiger partial charge in [0.15, 0.2) is 0 Å². The van der Waals surface area contributed by atoms with E-state index >= 15 is 0 Å². The van der Waals surface area contributed by atoms with Gasteiger partial charge in [-0.05, 0) is 14.0 Å². The van der Waals surface area contributed by atoms with Gasteiger partial charge < -0.3 is 9.52 Å². The van der Waals surface area contributed by atoms with Crippen LogP contribution in [0.2, 0.25) is 0 Å². The average Bonchev–Trinajstić information content (AvgIpc) is 2.49.